The predicted octanol–water partition coefficient (Wildman–Crippen LogP) is 1.47. The third-order valence-corrected chi connectivity index (χ3v) is 2.67. The van der Waals surface area contributed by atoms with Crippen LogP contribution in [-0.2, 0) is 4.74 Å². The number of methoxy groups -OCH3 is 1. The molecular weight excluding hydrogens is 228 g/mol. The molecule has 0 spiro atoms. The van der Waals surface area contributed by atoms with Crippen LogP contribution in [0.25, 0.3) is 0 Å². The monoisotopic (exact) mass is 248 g/mol. The van der Waals surface area contributed by atoms with Gasteiger partial charge in [0.2, 0.25) is 0 Å². The molecule has 1 aromatic heterocycles. The summed E-state index contributed by atoms with van der Waals surface area (Å²) in [7, 11) is 1.66. The average molecular weight is 248 g/mol. The Morgan fingerprint density at radius 2 is 2.33 bits per heavy atom. The summed E-state index contributed by atoms with van der Waals surface area (Å²) >= 11 is 0. The van der Waals surface area contributed by atoms with Gasteiger partial charge in [-0.2, -0.15) is 5.26 Å². The highest BCUT2D eigenvalue weighted by Crippen LogP contribution is 2.22. The quantitative estimate of drug-likeness (QED) is 0.790. The fraction of sp³-hybridized carbons (Fsp3) is 0.538. The fourth-order valence-corrected chi connectivity index (χ4v) is 1.74. The van der Waals surface area contributed by atoms with E-state index in [9.17, 15) is 0 Å². The van der Waals surface area contributed by atoms with Crippen LogP contribution in [0.3, 0.4) is 0 Å². The molecule has 0 bridgehead atoms. The molecule has 0 aliphatic heterocycles. The summed E-state index contributed by atoms with van der Waals surface area (Å²) in [6.07, 6.45) is 2.20. The van der Waals surface area contributed by atoms with E-state index < -0.39 is 0 Å². The van der Waals surface area contributed by atoms with Crippen molar-refractivity contribution in [3.05, 3.63) is 23.9 Å². The number of aromatic nitrogens is 1. The first-order valence-electron chi connectivity index (χ1n) is 6.02. The average Bonchev–Trinajstić information content (AvgIpc) is 2.39. The molecule has 0 unspecified atom stereocenters. The van der Waals surface area contributed by atoms with Crippen molar-refractivity contribution in [1.82, 2.24) is 4.98 Å². The lowest BCUT2D eigenvalue weighted by molar-refractivity contribution is 0.205. The predicted molar refractivity (Wildman–Crippen MR) is 71.2 cm³/mol. The molecule has 5 heteroatoms. The second-order valence-electron chi connectivity index (χ2n) is 4.09. The smallest absolute Gasteiger partial charge is 0.133 e. The first kappa shape index (κ1) is 14.4. The highest BCUT2D eigenvalue weighted by Gasteiger charge is 2.14. The molecule has 1 heterocycles. The van der Waals surface area contributed by atoms with Gasteiger partial charge >= 0.3 is 0 Å². The van der Waals surface area contributed by atoms with Crippen LogP contribution in [-0.4, -0.2) is 31.8 Å². The standard InChI is InChI=1S/C13H20N4O/c1-11(15)12-5-3-7-16-13(12)17(8-4-6-14)9-10-18-2/h3,5,7,11H,4,8-10,15H2,1-2H3/t11-/m1/s1. The maximum absolute atomic E-state index is 8.71. The number of pyridine rings is 1. The van der Waals surface area contributed by atoms with Crippen LogP contribution in [0, 0.1) is 11.3 Å². The van der Waals surface area contributed by atoms with Crippen molar-refractivity contribution in [2.75, 3.05) is 31.7 Å². The zero-order valence-electron chi connectivity index (χ0n) is 11.0. The molecule has 0 aliphatic carbocycles. The van der Waals surface area contributed by atoms with E-state index in [0.29, 0.717) is 26.1 Å². The number of ether oxygens (including phenoxy) is 1. The van der Waals surface area contributed by atoms with Crippen molar-refractivity contribution in [2.24, 2.45) is 5.73 Å². The summed E-state index contributed by atoms with van der Waals surface area (Å²) < 4.78 is 5.09. The molecule has 0 aliphatic rings. The van der Waals surface area contributed by atoms with Gasteiger partial charge in [-0.25, -0.2) is 4.98 Å². The van der Waals surface area contributed by atoms with Crippen LogP contribution in [0.2, 0.25) is 0 Å². The minimum atomic E-state index is -0.0826. The van der Waals surface area contributed by atoms with Gasteiger partial charge in [-0.1, -0.05) is 6.07 Å². The van der Waals surface area contributed by atoms with E-state index in [1.807, 2.05) is 24.0 Å². The van der Waals surface area contributed by atoms with E-state index in [1.54, 1.807) is 13.3 Å². The summed E-state index contributed by atoms with van der Waals surface area (Å²) in [5.74, 6) is 0.847. The minimum absolute atomic E-state index is 0.0826. The molecule has 2 N–H and O–H groups in total. The zero-order valence-corrected chi connectivity index (χ0v) is 11.0. The van der Waals surface area contributed by atoms with Crippen LogP contribution in [0.5, 0.6) is 0 Å². The minimum Gasteiger partial charge on any atom is -0.383 e. The van der Waals surface area contributed by atoms with Gasteiger partial charge in [0, 0.05) is 38.0 Å². The molecule has 0 aromatic carbocycles. The van der Waals surface area contributed by atoms with Crippen LogP contribution < -0.4 is 10.6 Å². The van der Waals surface area contributed by atoms with Crippen molar-refractivity contribution in [3.8, 4) is 6.07 Å². The van der Waals surface area contributed by atoms with E-state index >= 15 is 0 Å². The van der Waals surface area contributed by atoms with Gasteiger partial charge < -0.3 is 15.4 Å². The maximum Gasteiger partial charge on any atom is 0.133 e. The Morgan fingerprint density at radius 3 is 2.94 bits per heavy atom. The van der Waals surface area contributed by atoms with Crippen molar-refractivity contribution in [3.63, 3.8) is 0 Å². The Bertz CT molecular complexity index is 400. The van der Waals surface area contributed by atoms with Gasteiger partial charge in [-0.3, -0.25) is 0 Å². The first-order valence-corrected chi connectivity index (χ1v) is 6.02. The molecular formula is C13H20N4O. The molecule has 5 nitrogen and oxygen atoms in total. The summed E-state index contributed by atoms with van der Waals surface area (Å²) in [5.41, 5.74) is 6.94. The van der Waals surface area contributed by atoms with Gasteiger partial charge in [-0.15, -0.1) is 0 Å². The van der Waals surface area contributed by atoms with Gasteiger partial charge in [0.15, 0.2) is 0 Å². The molecule has 0 radical (unpaired) electrons. The SMILES string of the molecule is COCCN(CCC#N)c1ncccc1[C@@H](C)N. The summed E-state index contributed by atoms with van der Waals surface area (Å²) in [4.78, 5) is 6.43. The lowest BCUT2D eigenvalue weighted by atomic mass is 10.1. The van der Waals surface area contributed by atoms with Crippen molar-refractivity contribution in [2.45, 2.75) is 19.4 Å². The fourth-order valence-electron chi connectivity index (χ4n) is 1.74. The van der Waals surface area contributed by atoms with E-state index in [-0.39, 0.29) is 6.04 Å². The number of anilines is 1. The number of nitrogens with two attached hydrogens (primary N) is 1. The maximum atomic E-state index is 8.71. The Balaban J connectivity index is 2.92. The van der Waals surface area contributed by atoms with Crippen molar-refractivity contribution < 1.29 is 4.74 Å². The van der Waals surface area contributed by atoms with Crippen molar-refractivity contribution >= 4 is 5.82 Å². The van der Waals surface area contributed by atoms with Crippen molar-refractivity contribution in [1.29, 1.82) is 5.26 Å². The molecule has 0 fully saturated rings. The Labute approximate surface area is 108 Å². The molecule has 1 atom stereocenters. The highest BCUT2D eigenvalue weighted by molar-refractivity contribution is 5.48. The lowest BCUT2D eigenvalue weighted by Gasteiger charge is -2.25. The van der Waals surface area contributed by atoms with Gasteiger partial charge in [-0.05, 0) is 13.0 Å². The Morgan fingerprint density at radius 1 is 1.56 bits per heavy atom. The largest absolute Gasteiger partial charge is 0.383 e. The normalized spacial score (nSPS) is 11.9. The Kier molecular flexibility index (Phi) is 6.12. The molecule has 0 saturated heterocycles. The molecule has 1 aromatic rings. The summed E-state index contributed by atoms with van der Waals surface area (Å²) in [5, 5.41) is 8.71. The number of nitriles is 1. The third kappa shape index (κ3) is 3.99. The number of hydrogen-bond donors (Lipinski definition) is 1. The molecule has 0 amide bonds. The topological polar surface area (TPSA) is 75.2 Å². The second kappa shape index (κ2) is 7.64. The number of rotatable bonds is 7. The second-order valence-corrected chi connectivity index (χ2v) is 4.09. The van der Waals surface area contributed by atoms with Gasteiger partial charge in [0.25, 0.3) is 0 Å². The van der Waals surface area contributed by atoms with Crippen LogP contribution in [0.15, 0.2) is 18.3 Å². The molecule has 0 saturated carbocycles. The van der Waals surface area contributed by atoms with E-state index in [1.165, 1.54) is 0 Å². The highest BCUT2D eigenvalue weighted by atomic mass is 16.5. The first-order chi connectivity index (χ1) is 8.70. The van der Waals surface area contributed by atoms with Crippen LogP contribution >= 0.6 is 0 Å². The molecule has 18 heavy (non-hydrogen) atoms. The number of hydrogen-bond acceptors (Lipinski definition) is 5. The van der Waals surface area contributed by atoms with Gasteiger partial charge in [0.1, 0.15) is 5.82 Å². The van der Waals surface area contributed by atoms with Gasteiger partial charge in [0.05, 0.1) is 19.1 Å². The third-order valence-electron chi connectivity index (χ3n) is 2.67. The van der Waals surface area contributed by atoms with E-state index in [4.69, 9.17) is 15.7 Å². The lowest BCUT2D eigenvalue weighted by Crippen LogP contribution is -2.30. The van der Waals surface area contributed by atoms with Crippen LogP contribution in [0.1, 0.15) is 24.9 Å². The van der Waals surface area contributed by atoms with Crippen LogP contribution in [0.4, 0.5) is 5.82 Å². The van der Waals surface area contributed by atoms with E-state index in [0.717, 1.165) is 11.4 Å². The van der Waals surface area contributed by atoms with E-state index in [2.05, 4.69) is 11.1 Å². The molecule has 1 rings (SSSR count). The zero-order chi connectivity index (χ0) is 13.4. The summed E-state index contributed by atoms with van der Waals surface area (Å²) in [6, 6.07) is 5.92. The number of nitrogens with zero attached hydrogens (tertiary/aromatic N) is 3. The summed E-state index contributed by atoms with van der Waals surface area (Å²) in [6.45, 7) is 3.87. The Hall–Kier alpha value is -1.64. The molecule has 98 valence electrons.